The number of halogens is 3. The van der Waals surface area contributed by atoms with Crippen LogP contribution in [0.4, 0.5) is 4.39 Å². The molecule has 0 aliphatic carbocycles. The van der Waals surface area contributed by atoms with Crippen LogP contribution in [-0.4, -0.2) is 16.2 Å². The highest BCUT2D eigenvalue weighted by atomic mass is 35.5. The molecule has 1 unspecified atom stereocenters. The molecule has 20 heavy (non-hydrogen) atoms. The van der Waals surface area contributed by atoms with Gasteiger partial charge in [0, 0.05) is 10.6 Å². The van der Waals surface area contributed by atoms with Gasteiger partial charge in [-0.05, 0) is 31.2 Å². The van der Waals surface area contributed by atoms with Crippen LogP contribution in [0.1, 0.15) is 28.8 Å². The number of hydrogen-bond donors (Lipinski definition) is 2. The molecular formula is C13H9Cl2FO4. The molecule has 0 saturated carbocycles. The fourth-order valence-corrected chi connectivity index (χ4v) is 2.31. The highest BCUT2D eigenvalue weighted by molar-refractivity contribution is 6.35. The molecule has 4 nitrogen and oxygen atoms in total. The van der Waals surface area contributed by atoms with Crippen LogP contribution < -0.4 is 0 Å². The fourth-order valence-electron chi connectivity index (χ4n) is 1.74. The molecule has 2 N–H and O–H groups in total. The van der Waals surface area contributed by atoms with Gasteiger partial charge in [-0.1, -0.05) is 23.2 Å². The summed E-state index contributed by atoms with van der Waals surface area (Å²) in [6.07, 6.45) is 0. The van der Waals surface area contributed by atoms with Crippen molar-refractivity contribution in [2.75, 3.05) is 0 Å². The predicted molar refractivity (Wildman–Crippen MR) is 70.8 cm³/mol. The molecule has 0 saturated heterocycles. The van der Waals surface area contributed by atoms with Gasteiger partial charge in [-0.2, -0.15) is 0 Å². The van der Waals surface area contributed by atoms with Gasteiger partial charge in [-0.25, -0.2) is 9.18 Å². The maximum Gasteiger partial charge on any atom is 0.371 e. The molecule has 1 heterocycles. The molecule has 1 aromatic carbocycles. The highest BCUT2D eigenvalue weighted by Gasteiger charge is 2.33. The van der Waals surface area contributed by atoms with Crippen molar-refractivity contribution < 1.29 is 23.8 Å². The monoisotopic (exact) mass is 318 g/mol. The largest absolute Gasteiger partial charge is 0.475 e. The van der Waals surface area contributed by atoms with E-state index >= 15 is 0 Å². The molecule has 0 aliphatic heterocycles. The van der Waals surface area contributed by atoms with E-state index in [1.54, 1.807) is 0 Å². The van der Waals surface area contributed by atoms with Crippen LogP contribution >= 0.6 is 23.2 Å². The summed E-state index contributed by atoms with van der Waals surface area (Å²) in [4.78, 5) is 10.8. The van der Waals surface area contributed by atoms with Crippen molar-refractivity contribution >= 4 is 29.2 Å². The summed E-state index contributed by atoms with van der Waals surface area (Å²) >= 11 is 11.5. The lowest BCUT2D eigenvalue weighted by atomic mass is 9.93. The topological polar surface area (TPSA) is 70.7 Å². The molecule has 2 aromatic rings. The first-order valence-electron chi connectivity index (χ1n) is 5.44. The van der Waals surface area contributed by atoms with E-state index in [1.165, 1.54) is 19.1 Å². The normalized spacial score (nSPS) is 14.1. The van der Waals surface area contributed by atoms with Gasteiger partial charge in [0.25, 0.3) is 0 Å². The molecule has 1 aromatic heterocycles. The van der Waals surface area contributed by atoms with Crippen LogP contribution in [0, 0.1) is 5.82 Å². The van der Waals surface area contributed by atoms with Gasteiger partial charge < -0.3 is 14.6 Å². The van der Waals surface area contributed by atoms with Crippen LogP contribution in [0.15, 0.2) is 28.7 Å². The zero-order valence-corrected chi connectivity index (χ0v) is 11.7. The van der Waals surface area contributed by atoms with Gasteiger partial charge in [0.1, 0.15) is 17.2 Å². The molecule has 0 bridgehead atoms. The molecule has 0 radical (unpaired) electrons. The number of aromatic carboxylic acids is 1. The van der Waals surface area contributed by atoms with Crippen LogP contribution in [0.5, 0.6) is 0 Å². The first-order chi connectivity index (χ1) is 9.23. The van der Waals surface area contributed by atoms with Crippen LogP contribution in [0.3, 0.4) is 0 Å². The molecule has 0 aliphatic rings. The number of aliphatic hydroxyl groups is 1. The lowest BCUT2D eigenvalue weighted by molar-refractivity contribution is 0.0601. The average Bonchev–Trinajstić information content (AvgIpc) is 2.83. The molecule has 0 fully saturated rings. The summed E-state index contributed by atoms with van der Waals surface area (Å²) in [5.74, 6) is -2.44. The fraction of sp³-hybridized carbons (Fsp3) is 0.154. The summed E-state index contributed by atoms with van der Waals surface area (Å²) in [5.41, 5.74) is -1.77. The highest BCUT2D eigenvalue weighted by Crippen LogP contribution is 2.37. The van der Waals surface area contributed by atoms with Gasteiger partial charge in [0.2, 0.25) is 5.76 Å². The third-order valence-electron chi connectivity index (χ3n) is 2.83. The number of rotatable bonds is 3. The Morgan fingerprint density at radius 2 is 1.95 bits per heavy atom. The molecular weight excluding hydrogens is 310 g/mol. The number of furan rings is 1. The van der Waals surface area contributed by atoms with Crippen LogP contribution in [0.2, 0.25) is 10.0 Å². The Bertz CT molecular complexity index is 679. The van der Waals surface area contributed by atoms with Crippen molar-refractivity contribution in [1.82, 2.24) is 0 Å². The summed E-state index contributed by atoms with van der Waals surface area (Å²) < 4.78 is 18.5. The molecule has 1 atom stereocenters. The maximum atomic E-state index is 13.5. The number of benzene rings is 1. The van der Waals surface area contributed by atoms with E-state index in [-0.39, 0.29) is 27.1 Å². The first-order valence-corrected chi connectivity index (χ1v) is 6.20. The summed E-state index contributed by atoms with van der Waals surface area (Å²) in [5, 5.41) is 19.1. The Kier molecular flexibility index (Phi) is 3.77. The van der Waals surface area contributed by atoms with Crippen LogP contribution in [-0.2, 0) is 5.60 Å². The lowest BCUT2D eigenvalue weighted by Gasteiger charge is -2.22. The zero-order chi connectivity index (χ0) is 15.1. The van der Waals surface area contributed by atoms with Crippen molar-refractivity contribution in [3.63, 3.8) is 0 Å². The van der Waals surface area contributed by atoms with Crippen molar-refractivity contribution in [2.24, 2.45) is 0 Å². The van der Waals surface area contributed by atoms with Crippen molar-refractivity contribution in [3.05, 3.63) is 57.2 Å². The second-order valence-corrected chi connectivity index (χ2v) is 5.10. The zero-order valence-electron chi connectivity index (χ0n) is 10.2. The number of carboxylic acid groups (broad SMARTS) is 1. The van der Waals surface area contributed by atoms with Gasteiger partial charge in [-0.3, -0.25) is 0 Å². The molecule has 0 spiro atoms. The smallest absolute Gasteiger partial charge is 0.371 e. The van der Waals surface area contributed by atoms with Gasteiger partial charge >= 0.3 is 5.97 Å². The average molecular weight is 319 g/mol. The van der Waals surface area contributed by atoms with Gasteiger partial charge in [0.05, 0.1) is 5.02 Å². The molecule has 0 amide bonds. The Morgan fingerprint density at radius 1 is 1.30 bits per heavy atom. The van der Waals surface area contributed by atoms with E-state index in [9.17, 15) is 14.3 Å². The minimum Gasteiger partial charge on any atom is -0.475 e. The van der Waals surface area contributed by atoms with Gasteiger partial charge in [-0.15, -0.1) is 0 Å². The quantitative estimate of drug-likeness (QED) is 0.847. The number of carboxylic acids is 1. The molecule has 106 valence electrons. The SMILES string of the molecule is CC(O)(c1ccc(C(=O)O)o1)c1cc(F)c(Cl)cc1Cl. The summed E-state index contributed by atoms with van der Waals surface area (Å²) in [7, 11) is 0. The standard InChI is InChI=1S/C13H9Cl2FO4/c1-13(19,11-3-2-10(20-11)12(17)18)6-4-9(16)8(15)5-7(6)14/h2-5,19H,1H3,(H,17,18). The van der Waals surface area contributed by atoms with Crippen molar-refractivity contribution in [1.29, 1.82) is 0 Å². The Morgan fingerprint density at radius 3 is 2.50 bits per heavy atom. The minimum atomic E-state index is -1.80. The van der Waals surface area contributed by atoms with Crippen molar-refractivity contribution in [3.8, 4) is 0 Å². The first kappa shape index (κ1) is 14.8. The van der Waals surface area contributed by atoms with Crippen molar-refractivity contribution in [2.45, 2.75) is 12.5 Å². The molecule has 7 heteroatoms. The van der Waals surface area contributed by atoms with E-state index < -0.39 is 17.4 Å². The van der Waals surface area contributed by atoms with E-state index in [1.807, 2.05) is 0 Å². The molecule has 2 rings (SSSR count). The Labute approximate surface area is 123 Å². The Hall–Kier alpha value is -1.56. The van der Waals surface area contributed by atoms with E-state index in [0.29, 0.717) is 0 Å². The van der Waals surface area contributed by atoms with Gasteiger partial charge in [0.15, 0.2) is 0 Å². The summed E-state index contributed by atoms with van der Waals surface area (Å²) in [6.45, 7) is 1.31. The maximum absolute atomic E-state index is 13.5. The second kappa shape index (κ2) is 5.09. The van der Waals surface area contributed by atoms with E-state index in [0.717, 1.165) is 12.1 Å². The second-order valence-electron chi connectivity index (χ2n) is 4.29. The third kappa shape index (κ3) is 2.52. The van der Waals surface area contributed by atoms with E-state index in [2.05, 4.69) is 0 Å². The van der Waals surface area contributed by atoms with Crippen LogP contribution in [0.25, 0.3) is 0 Å². The minimum absolute atomic E-state index is 0.0207. The predicted octanol–water partition coefficient (Wildman–Crippen LogP) is 3.68. The summed E-state index contributed by atoms with van der Waals surface area (Å²) in [6, 6.07) is 4.61. The van der Waals surface area contributed by atoms with E-state index in [4.69, 9.17) is 32.7 Å². The number of hydrogen-bond acceptors (Lipinski definition) is 3. The number of carbonyl (C=O) groups is 1. The lowest BCUT2D eigenvalue weighted by Crippen LogP contribution is -2.23. The third-order valence-corrected chi connectivity index (χ3v) is 3.43. The Balaban J connectivity index is 2.53.